The van der Waals surface area contributed by atoms with E-state index in [0.717, 1.165) is 28.9 Å². The first-order chi connectivity index (χ1) is 41.9. The van der Waals surface area contributed by atoms with Crippen LogP contribution in [0.25, 0.3) is 138 Å². The molecule has 5 unspecified atom stereocenters. The summed E-state index contributed by atoms with van der Waals surface area (Å²) in [5.41, 5.74) is 24.1. The fraction of sp³-hybridized carbons (Fsp3) is 0.146. The Labute approximate surface area is 495 Å². The zero-order chi connectivity index (χ0) is 56.1. The average molecular weight is 1090 g/mol. The maximum Gasteiger partial charge on any atom is 0.0547 e. The Balaban J connectivity index is 0.757. The Morgan fingerprint density at radius 3 is 1.36 bits per heavy atom. The van der Waals surface area contributed by atoms with Gasteiger partial charge >= 0.3 is 0 Å². The van der Waals surface area contributed by atoms with Gasteiger partial charge in [0.1, 0.15) is 0 Å². The highest BCUT2D eigenvalue weighted by Gasteiger charge is 2.53. The van der Waals surface area contributed by atoms with E-state index in [1.54, 1.807) is 11.1 Å². The molecule has 2 bridgehead atoms. The maximum atomic E-state index is 2.64. The summed E-state index contributed by atoms with van der Waals surface area (Å²) in [5, 5.41) is 10.0. The van der Waals surface area contributed by atoms with Crippen molar-refractivity contribution in [2.75, 3.05) is 0 Å². The normalized spacial score (nSPS) is 19.2. The van der Waals surface area contributed by atoms with E-state index in [1.165, 1.54) is 153 Å². The van der Waals surface area contributed by atoms with Crippen molar-refractivity contribution in [3.63, 3.8) is 0 Å². The van der Waals surface area contributed by atoms with Crippen LogP contribution in [0.1, 0.15) is 57.1 Å². The summed E-state index contributed by atoms with van der Waals surface area (Å²) in [4.78, 5) is 0. The van der Waals surface area contributed by atoms with Crippen LogP contribution in [0.2, 0.25) is 0 Å². The molecule has 18 rings (SSSR count). The molecule has 3 nitrogen and oxygen atoms in total. The lowest BCUT2D eigenvalue weighted by molar-refractivity contribution is 0.165. The Bertz CT molecular complexity index is 5230. The van der Waals surface area contributed by atoms with Gasteiger partial charge in [-0.2, -0.15) is 0 Å². The van der Waals surface area contributed by atoms with Crippen LogP contribution in [-0.4, -0.2) is 13.7 Å². The molecule has 2 saturated carbocycles. The van der Waals surface area contributed by atoms with Crippen molar-refractivity contribution in [1.29, 1.82) is 0 Å². The smallest absolute Gasteiger partial charge is 0.0547 e. The molecular weight excluding hydrogens is 1030 g/mol. The molecule has 3 heteroatoms. The van der Waals surface area contributed by atoms with Crippen LogP contribution in [0.4, 0.5) is 0 Å². The van der Waals surface area contributed by atoms with Crippen LogP contribution in [0.3, 0.4) is 0 Å². The largest absolute Gasteiger partial charge is 0.309 e. The lowest BCUT2D eigenvalue weighted by Crippen LogP contribution is -2.38. The van der Waals surface area contributed by atoms with Crippen molar-refractivity contribution in [2.45, 2.75) is 51.4 Å². The molecule has 0 radical (unpaired) electrons. The third-order valence-corrected chi connectivity index (χ3v) is 20.6. The first kappa shape index (κ1) is 48.8. The molecule has 2 fully saturated rings. The molecule has 0 N–H and O–H groups in total. The fourth-order valence-corrected chi connectivity index (χ4v) is 17.3. The minimum absolute atomic E-state index is 0.0418. The SMILES string of the molecule is CC1CC2CC(C)CC3(c4ccccc4-c4ccc(-c5ccc6c7ccccc7n(-c7cccc(-n8c9ccccc9c9ccc(-c%10ccc%11c%12ccccc%12n(-c%12ccc(-c%13cccc%14ccccc%13%14)cc%12)c%11c%10)cc98)c7)c6c5)cc43)C(C1)C2. The molecule has 3 aromatic heterocycles. The van der Waals surface area contributed by atoms with E-state index >= 15 is 0 Å². The minimum atomic E-state index is 0.0418. The summed E-state index contributed by atoms with van der Waals surface area (Å²) in [6, 6.07) is 98.8. The summed E-state index contributed by atoms with van der Waals surface area (Å²) in [6.07, 6.45) is 6.64. The summed E-state index contributed by atoms with van der Waals surface area (Å²) in [7, 11) is 0. The number of nitrogens with zero attached hydrogens (tertiary/aromatic N) is 3. The molecule has 0 saturated heterocycles. The van der Waals surface area contributed by atoms with Crippen LogP contribution >= 0.6 is 0 Å². The molecule has 5 atom stereocenters. The van der Waals surface area contributed by atoms with Gasteiger partial charge in [0.15, 0.2) is 0 Å². The van der Waals surface area contributed by atoms with Crippen LogP contribution in [0, 0.1) is 23.7 Å². The van der Waals surface area contributed by atoms with E-state index in [0.29, 0.717) is 11.8 Å². The zero-order valence-corrected chi connectivity index (χ0v) is 48.0. The summed E-state index contributed by atoms with van der Waals surface area (Å²) in [6.45, 7) is 5.08. The number of para-hydroxylation sites is 3. The fourth-order valence-electron chi connectivity index (χ4n) is 17.3. The third kappa shape index (κ3) is 7.32. The summed E-state index contributed by atoms with van der Waals surface area (Å²) < 4.78 is 7.46. The maximum absolute atomic E-state index is 2.64. The molecule has 3 aliphatic rings. The van der Waals surface area contributed by atoms with Gasteiger partial charge in [-0.15, -0.1) is 0 Å². The number of hydrogen-bond donors (Lipinski definition) is 0. The topological polar surface area (TPSA) is 14.8 Å². The van der Waals surface area contributed by atoms with Crippen molar-refractivity contribution in [3.05, 3.63) is 272 Å². The van der Waals surface area contributed by atoms with Gasteiger partial charge in [-0.3, -0.25) is 0 Å². The molecule has 85 heavy (non-hydrogen) atoms. The van der Waals surface area contributed by atoms with Crippen LogP contribution in [0.15, 0.2) is 261 Å². The second kappa shape index (κ2) is 18.7. The molecule has 3 heterocycles. The van der Waals surface area contributed by atoms with Crippen molar-refractivity contribution in [3.8, 4) is 61.6 Å². The second-order valence-corrected chi connectivity index (χ2v) is 25.5. The van der Waals surface area contributed by atoms with Gasteiger partial charge in [0.05, 0.1) is 33.1 Å². The standard InChI is InChI=1S/C82H63N3/c1-51-41-53-42-52(2)50-82(60(43-51)44-53)74-25-9-5-20-66(74)67-37-31-56(45-75(67)82)57-32-38-72-69-22-7-11-27-77(69)84(80(72)46-57)62-17-14-18-63(49-62)85-78-28-12-8-23-70(78)73-40-34-59(48-81(73)85)58-33-39-71-68-21-6-10-26-76(68)83(79(71)47-58)61-35-29-55(30-36-61)65-24-13-16-54-15-3-4-19-64(54)65/h3-40,45-49,51-53,60H,41-44,50H2,1-2H3. The van der Waals surface area contributed by atoms with Crippen LogP contribution in [-0.2, 0) is 5.41 Å². The second-order valence-electron chi connectivity index (χ2n) is 25.5. The van der Waals surface area contributed by atoms with Gasteiger partial charge in [-0.05, 0) is 195 Å². The van der Waals surface area contributed by atoms with Crippen LogP contribution < -0.4 is 0 Å². The van der Waals surface area contributed by atoms with Gasteiger partial charge in [-0.25, -0.2) is 0 Å². The number of fused-ring (bicyclic) bond motifs is 18. The predicted molar refractivity (Wildman–Crippen MR) is 358 cm³/mol. The minimum Gasteiger partial charge on any atom is -0.309 e. The van der Waals surface area contributed by atoms with Crippen molar-refractivity contribution < 1.29 is 0 Å². The van der Waals surface area contributed by atoms with E-state index in [2.05, 4.69) is 288 Å². The van der Waals surface area contributed by atoms with Gasteiger partial charge in [-0.1, -0.05) is 202 Å². The highest BCUT2D eigenvalue weighted by Crippen LogP contribution is 2.62. The summed E-state index contributed by atoms with van der Waals surface area (Å²) >= 11 is 0. The monoisotopic (exact) mass is 1090 g/mol. The van der Waals surface area contributed by atoms with Gasteiger partial charge < -0.3 is 13.7 Å². The van der Waals surface area contributed by atoms with E-state index in [-0.39, 0.29) is 5.41 Å². The molecule has 0 amide bonds. The molecule has 3 aliphatic carbocycles. The van der Waals surface area contributed by atoms with E-state index in [1.807, 2.05) is 0 Å². The Hall–Kier alpha value is -9.70. The average Bonchev–Trinajstić information content (AvgIpc) is 2.55. The summed E-state index contributed by atoms with van der Waals surface area (Å²) in [5.74, 6) is 2.93. The van der Waals surface area contributed by atoms with E-state index < -0.39 is 0 Å². The van der Waals surface area contributed by atoms with E-state index in [9.17, 15) is 0 Å². The van der Waals surface area contributed by atoms with Gasteiger partial charge in [0.25, 0.3) is 0 Å². The predicted octanol–water partition coefficient (Wildman–Crippen LogP) is 21.9. The number of benzene rings is 12. The highest BCUT2D eigenvalue weighted by molar-refractivity contribution is 6.13. The first-order valence-electron chi connectivity index (χ1n) is 31.0. The van der Waals surface area contributed by atoms with Crippen molar-refractivity contribution in [1.82, 2.24) is 13.7 Å². The van der Waals surface area contributed by atoms with Gasteiger partial charge in [0, 0.05) is 54.8 Å². The lowest BCUT2D eigenvalue weighted by atomic mass is 9.60. The van der Waals surface area contributed by atoms with Crippen LogP contribution in [0.5, 0.6) is 0 Å². The Kier molecular flexibility index (Phi) is 10.7. The molecule has 12 aromatic carbocycles. The quantitative estimate of drug-likeness (QED) is 0.158. The highest BCUT2D eigenvalue weighted by atomic mass is 15.0. The molecule has 15 aromatic rings. The zero-order valence-electron chi connectivity index (χ0n) is 48.0. The molecular formula is C82H63N3. The van der Waals surface area contributed by atoms with Gasteiger partial charge in [0.2, 0.25) is 0 Å². The molecule has 406 valence electrons. The number of rotatable bonds is 6. The lowest BCUT2D eigenvalue weighted by Gasteiger charge is -2.44. The third-order valence-electron chi connectivity index (χ3n) is 20.6. The number of aromatic nitrogens is 3. The molecule has 0 aliphatic heterocycles. The Morgan fingerprint density at radius 2 is 0.741 bits per heavy atom. The van der Waals surface area contributed by atoms with Crippen molar-refractivity contribution >= 4 is 76.2 Å². The van der Waals surface area contributed by atoms with Crippen molar-refractivity contribution in [2.24, 2.45) is 23.7 Å². The number of hydrogen-bond acceptors (Lipinski definition) is 0. The van der Waals surface area contributed by atoms with E-state index in [4.69, 9.17) is 0 Å². The first-order valence-corrected chi connectivity index (χ1v) is 31.0. The molecule has 1 spiro atoms. The Morgan fingerprint density at radius 1 is 0.294 bits per heavy atom.